The van der Waals surface area contributed by atoms with Crippen molar-refractivity contribution in [2.75, 3.05) is 13.2 Å². The summed E-state index contributed by atoms with van der Waals surface area (Å²) in [4.78, 5) is 24.3. The summed E-state index contributed by atoms with van der Waals surface area (Å²) in [5.74, 6) is -0.738. The fourth-order valence-electron chi connectivity index (χ4n) is 1.97. The van der Waals surface area contributed by atoms with Gasteiger partial charge in [-0.15, -0.1) is 0 Å². The van der Waals surface area contributed by atoms with Crippen molar-refractivity contribution in [2.24, 2.45) is 0 Å². The second kappa shape index (κ2) is 12.4. The molecule has 0 aromatic carbocycles. The lowest BCUT2D eigenvalue weighted by atomic mass is 9.99. The first-order chi connectivity index (χ1) is 10.1. The number of ether oxygens (including phenoxy) is 2. The van der Waals surface area contributed by atoms with Crippen LogP contribution in [0.2, 0.25) is 0 Å². The minimum atomic E-state index is -0.376. The number of unbranched alkanes of at least 4 members (excludes halogenated alkanes) is 2. The maximum atomic E-state index is 12.2. The fraction of sp³-hybridized carbons (Fsp3) is 0.765. The van der Waals surface area contributed by atoms with Crippen molar-refractivity contribution in [2.45, 2.75) is 72.6 Å². The molecule has 0 heterocycles. The highest BCUT2D eigenvalue weighted by Crippen LogP contribution is 2.19. The van der Waals surface area contributed by atoms with Gasteiger partial charge in [-0.3, -0.25) is 0 Å². The number of hydrogen-bond donors (Lipinski definition) is 0. The molecule has 0 saturated carbocycles. The Morgan fingerprint density at radius 3 is 1.67 bits per heavy atom. The number of rotatable bonds is 11. The Morgan fingerprint density at radius 2 is 1.24 bits per heavy atom. The minimum absolute atomic E-state index is 0.363. The van der Waals surface area contributed by atoms with E-state index in [0.29, 0.717) is 37.2 Å². The Hall–Kier alpha value is -1.32. The van der Waals surface area contributed by atoms with E-state index in [4.69, 9.17) is 9.47 Å². The minimum Gasteiger partial charge on any atom is -0.462 e. The average Bonchev–Trinajstić information content (AvgIpc) is 2.49. The summed E-state index contributed by atoms with van der Waals surface area (Å²) in [5, 5.41) is 0. The second-order valence-electron chi connectivity index (χ2n) is 5.04. The molecule has 122 valence electrons. The van der Waals surface area contributed by atoms with Gasteiger partial charge >= 0.3 is 11.9 Å². The number of carbonyl (C=O) groups excluding carboxylic acids is 2. The van der Waals surface area contributed by atoms with Crippen molar-refractivity contribution >= 4 is 11.9 Å². The van der Waals surface area contributed by atoms with Gasteiger partial charge in [0, 0.05) is 11.1 Å². The molecule has 0 radical (unpaired) electrons. The summed E-state index contributed by atoms with van der Waals surface area (Å²) in [6.07, 6.45) is 5.61. The van der Waals surface area contributed by atoms with Gasteiger partial charge in [-0.25, -0.2) is 9.59 Å². The zero-order chi connectivity index (χ0) is 16.1. The van der Waals surface area contributed by atoms with Gasteiger partial charge in [0.15, 0.2) is 0 Å². The predicted octanol–water partition coefficient (Wildman–Crippen LogP) is 4.18. The first-order valence-corrected chi connectivity index (χ1v) is 8.18. The van der Waals surface area contributed by atoms with Crippen LogP contribution >= 0.6 is 0 Å². The molecule has 21 heavy (non-hydrogen) atoms. The highest BCUT2D eigenvalue weighted by atomic mass is 16.5. The number of hydrogen-bond acceptors (Lipinski definition) is 4. The van der Waals surface area contributed by atoms with Crippen molar-refractivity contribution in [1.82, 2.24) is 0 Å². The van der Waals surface area contributed by atoms with Gasteiger partial charge in [0.05, 0.1) is 13.2 Å². The maximum Gasteiger partial charge on any atom is 0.334 e. The smallest absolute Gasteiger partial charge is 0.334 e. The van der Waals surface area contributed by atoms with E-state index in [2.05, 4.69) is 6.92 Å². The topological polar surface area (TPSA) is 52.6 Å². The highest BCUT2D eigenvalue weighted by Gasteiger charge is 2.21. The van der Waals surface area contributed by atoms with Crippen LogP contribution in [0.5, 0.6) is 0 Å². The van der Waals surface area contributed by atoms with Gasteiger partial charge in [-0.2, -0.15) is 0 Å². The van der Waals surface area contributed by atoms with Crippen molar-refractivity contribution in [3.8, 4) is 0 Å². The van der Waals surface area contributed by atoms with E-state index in [9.17, 15) is 9.59 Å². The van der Waals surface area contributed by atoms with Gasteiger partial charge < -0.3 is 9.47 Å². The van der Waals surface area contributed by atoms with E-state index in [1.165, 1.54) is 0 Å². The molecule has 0 aromatic heterocycles. The van der Waals surface area contributed by atoms with Crippen LogP contribution < -0.4 is 0 Å². The van der Waals surface area contributed by atoms with Crippen LogP contribution in [0.25, 0.3) is 0 Å². The van der Waals surface area contributed by atoms with E-state index in [1.54, 1.807) is 0 Å². The second-order valence-corrected chi connectivity index (χ2v) is 5.04. The molecule has 0 N–H and O–H groups in total. The summed E-state index contributed by atoms with van der Waals surface area (Å²) in [6.45, 7) is 8.64. The maximum absolute atomic E-state index is 12.2. The third-order valence-corrected chi connectivity index (χ3v) is 3.12. The Balaban J connectivity index is 5.09. The van der Waals surface area contributed by atoms with Crippen molar-refractivity contribution in [1.29, 1.82) is 0 Å². The van der Waals surface area contributed by atoms with Gasteiger partial charge in [0.25, 0.3) is 0 Å². The Kier molecular flexibility index (Phi) is 11.6. The molecule has 4 nitrogen and oxygen atoms in total. The largest absolute Gasteiger partial charge is 0.462 e. The summed E-state index contributed by atoms with van der Waals surface area (Å²) in [5.41, 5.74) is 0.973. The van der Waals surface area contributed by atoms with Gasteiger partial charge in [0.1, 0.15) is 0 Å². The fourth-order valence-corrected chi connectivity index (χ4v) is 1.97. The molecular formula is C17H30O4. The Bertz CT molecular complexity index is 345. The van der Waals surface area contributed by atoms with E-state index in [-0.39, 0.29) is 11.9 Å². The predicted molar refractivity (Wildman–Crippen MR) is 84.0 cm³/mol. The zero-order valence-electron chi connectivity index (χ0n) is 14.0. The standard InChI is InChI=1S/C17H30O4/c1-5-9-10-11-15(17(19)21-13-7-3)14(8-4)16(18)20-12-6-2/h5-13H2,1-4H3. The summed E-state index contributed by atoms with van der Waals surface area (Å²) in [7, 11) is 0. The lowest BCUT2D eigenvalue weighted by Gasteiger charge is -2.13. The molecule has 0 aliphatic carbocycles. The Labute approximate surface area is 128 Å². The summed E-state index contributed by atoms with van der Waals surface area (Å²) < 4.78 is 10.4. The third kappa shape index (κ3) is 7.88. The quantitative estimate of drug-likeness (QED) is 0.326. The van der Waals surface area contributed by atoms with Gasteiger partial charge in [-0.1, -0.05) is 40.5 Å². The SMILES string of the molecule is CCCCCC(C(=O)OCCC)=C(CC)C(=O)OCCC. The van der Waals surface area contributed by atoms with Gasteiger partial charge in [0.2, 0.25) is 0 Å². The third-order valence-electron chi connectivity index (χ3n) is 3.12. The van der Waals surface area contributed by atoms with Crippen LogP contribution in [0.15, 0.2) is 11.1 Å². The first-order valence-electron chi connectivity index (χ1n) is 8.18. The molecule has 0 fully saturated rings. The lowest BCUT2D eigenvalue weighted by molar-refractivity contribution is -0.142. The van der Waals surface area contributed by atoms with Crippen molar-refractivity contribution < 1.29 is 19.1 Å². The molecule has 0 saturated heterocycles. The number of esters is 2. The van der Waals surface area contributed by atoms with Crippen LogP contribution in [-0.4, -0.2) is 25.2 Å². The molecule has 0 bridgehead atoms. The van der Waals surface area contributed by atoms with Crippen LogP contribution in [0, 0.1) is 0 Å². The molecule has 0 aliphatic rings. The Morgan fingerprint density at radius 1 is 0.714 bits per heavy atom. The molecule has 0 amide bonds. The zero-order valence-corrected chi connectivity index (χ0v) is 14.0. The summed E-state index contributed by atoms with van der Waals surface area (Å²) >= 11 is 0. The van der Waals surface area contributed by atoms with Crippen molar-refractivity contribution in [3.05, 3.63) is 11.1 Å². The molecule has 0 aliphatic heterocycles. The van der Waals surface area contributed by atoms with E-state index in [1.807, 2.05) is 20.8 Å². The van der Waals surface area contributed by atoms with Crippen LogP contribution in [0.1, 0.15) is 72.6 Å². The summed E-state index contributed by atoms with van der Waals surface area (Å²) in [6, 6.07) is 0. The molecule has 0 atom stereocenters. The van der Waals surface area contributed by atoms with Crippen molar-refractivity contribution in [3.63, 3.8) is 0 Å². The van der Waals surface area contributed by atoms with E-state index in [0.717, 1.165) is 32.1 Å². The van der Waals surface area contributed by atoms with E-state index < -0.39 is 0 Å². The average molecular weight is 298 g/mol. The number of carbonyl (C=O) groups is 2. The van der Waals surface area contributed by atoms with Crippen LogP contribution in [0.4, 0.5) is 0 Å². The highest BCUT2D eigenvalue weighted by molar-refractivity contribution is 6.00. The van der Waals surface area contributed by atoms with Crippen LogP contribution in [0.3, 0.4) is 0 Å². The molecule has 4 heteroatoms. The first kappa shape index (κ1) is 19.7. The molecule has 0 aromatic rings. The lowest BCUT2D eigenvalue weighted by Crippen LogP contribution is -2.17. The van der Waals surface area contributed by atoms with E-state index >= 15 is 0 Å². The van der Waals surface area contributed by atoms with Crippen LogP contribution in [-0.2, 0) is 19.1 Å². The molecule has 0 rings (SSSR count). The monoisotopic (exact) mass is 298 g/mol. The molecule has 0 spiro atoms. The normalized spacial score (nSPS) is 11.8. The molecular weight excluding hydrogens is 268 g/mol. The van der Waals surface area contributed by atoms with Gasteiger partial charge in [-0.05, 0) is 32.1 Å². The molecule has 0 unspecified atom stereocenters.